The van der Waals surface area contributed by atoms with Gasteiger partial charge in [0.1, 0.15) is 0 Å². The Bertz CT molecular complexity index is 225. The summed E-state index contributed by atoms with van der Waals surface area (Å²) >= 11 is 0. The molecule has 1 aliphatic heterocycles. The predicted octanol–water partition coefficient (Wildman–Crippen LogP) is 0.409. The summed E-state index contributed by atoms with van der Waals surface area (Å²) in [5.41, 5.74) is -1.11. The minimum Gasteiger partial charge on any atom is -0.352 e. The zero-order valence-electron chi connectivity index (χ0n) is 7.77. The lowest BCUT2D eigenvalue weighted by atomic mass is 10.1. The number of hydrogen-bond acceptors (Lipinski definition) is 5. The van der Waals surface area contributed by atoms with Gasteiger partial charge < -0.3 is 9.47 Å². The fourth-order valence-electron chi connectivity index (χ4n) is 0.983. The first-order chi connectivity index (χ1) is 6.12. The largest absolute Gasteiger partial charge is 0.377 e. The Hall–Kier alpha value is -0.910. The predicted molar refractivity (Wildman–Crippen MR) is 42.5 cm³/mol. The molecule has 0 saturated heterocycles. The van der Waals surface area contributed by atoms with E-state index < -0.39 is 17.9 Å². The maximum Gasteiger partial charge on any atom is 0.377 e. The molecule has 74 valence electrons. The minimum absolute atomic E-state index is 0.505. The third-order valence-corrected chi connectivity index (χ3v) is 1.73. The zero-order chi connectivity index (χ0) is 9.90. The van der Waals surface area contributed by atoms with Crippen molar-refractivity contribution in [3.63, 3.8) is 0 Å². The summed E-state index contributed by atoms with van der Waals surface area (Å²) in [6.45, 7) is 1.57. The summed E-state index contributed by atoms with van der Waals surface area (Å²) in [5.74, 6) is -0.606. The molecule has 0 N–H and O–H groups in total. The molecule has 2 unspecified atom stereocenters. The SMILES string of the molecule is COOC(=O)C1(C)C=CC(OC)O1. The van der Waals surface area contributed by atoms with Crippen LogP contribution in [0.1, 0.15) is 6.92 Å². The van der Waals surface area contributed by atoms with Gasteiger partial charge in [0.25, 0.3) is 0 Å². The number of rotatable bonds is 3. The van der Waals surface area contributed by atoms with Gasteiger partial charge in [-0.15, -0.1) is 0 Å². The molecule has 5 nitrogen and oxygen atoms in total. The van der Waals surface area contributed by atoms with Gasteiger partial charge in [-0.25, -0.2) is 4.79 Å². The number of carbonyl (C=O) groups excluding carboxylic acids is 1. The molecule has 1 rings (SSSR count). The van der Waals surface area contributed by atoms with Crippen LogP contribution in [-0.2, 0) is 24.0 Å². The average Bonchev–Trinajstić information content (AvgIpc) is 2.49. The molecule has 0 aliphatic carbocycles. The summed E-state index contributed by atoms with van der Waals surface area (Å²) in [6, 6.07) is 0. The maximum absolute atomic E-state index is 11.2. The van der Waals surface area contributed by atoms with E-state index in [-0.39, 0.29) is 0 Å². The van der Waals surface area contributed by atoms with Gasteiger partial charge in [-0.1, -0.05) is 0 Å². The standard InChI is InChI=1S/C8H12O5/c1-8(7(9)13-11-3)5-4-6(10-2)12-8/h4-6H,1-3H3. The molecule has 13 heavy (non-hydrogen) atoms. The molecular formula is C8H12O5. The zero-order valence-corrected chi connectivity index (χ0v) is 7.77. The van der Waals surface area contributed by atoms with Gasteiger partial charge in [0.15, 0.2) is 11.9 Å². The van der Waals surface area contributed by atoms with Crippen LogP contribution in [0.4, 0.5) is 0 Å². The Morgan fingerprint density at radius 3 is 2.69 bits per heavy atom. The lowest BCUT2D eigenvalue weighted by Gasteiger charge is -2.20. The third kappa shape index (κ3) is 2.06. The van der Waals surface area contributed by atoms with Crippen molar-refractivity contribution in [1.29, 1.82) is 0 Å². The van der Waals surface area contributed by atoms with Crippen molar-refractivity contribution in [1.82, 2.24) is 0 Å². The summed E-state index contributed by atoms with van der Waals surface area (Å²) in [6.07, 6.45) is 2.70. The highest BCUT2D eigenvalue weighted by Gasteiger charge is 2.40. The van der Waals surface area contributed by atoms with Gasteiger partial charge in [-0.2, -0.15) is 4.89 Å². The summed E-state index contributed by atoms with van der Waals surface area (Å²) < 4.78 is 10.1. The Kier molecular flexibility index (Phi) is 3.02. The second kappa shape index (κ2) is 3.87. The van der Waals surface area contributed by atoms with Crippen LogP contribution in [0.2, 0.25) is 0 Å². The van der Waals surface area contributed by atoms with E-state index in [1.807, 2.05) is 0 Å². The molecule has 0 spiro atoms. The van der Waals surface area contributed by atoms with E-state index in [0.29, 0.717) is 0 Å². The molecule has 0 aromatic heterocycles. The van der Waals surface area contributed by atoms with Crippen molar-refractivity contribution in [2.75, 3.05) is 14.2 Å². The molecule has 5 heteroatoms. The van der Waals surface area contributed by atoms with E-state index in [0.717, 1.165) is 0 Å². The van der Waals surface area contributed by atoms with Crippen LogP contribution in [0.5, 0.6) is 0 Å². The lowest BCUT2D eigenvalue weighted by Crippen LogP contribution is -2.37. The Balaban J connectivity index is 2.59. The number of hydrogen-bond donors (Lipinski definition) is 0. The maximum atomic E-state index is 11.2. The average molecular weight is 188 g/mol. The van der Waals surface area contributed by atoms with Crippen molar-refractivity contribution in [3.05, 3.63) is 12.2 Å². The molecular weight excluding hydrogens is 176 g/mol. The molecule has 0 fully saturated rings. The van der Waals surface area contributed by atoms with E-state index in [1.54, 1.807) is 19.1 Å². The van der Waals surface area contributed by atoms with Crippen molar-refractivity contribution >= 4 is 5.97 Å². The summed E-state index contributed by atoms with van der Waals surface area (Å²) in [7, 11) is 2.75. The van der Waals surface area contributed by atoms with Crippen molar-refractivity contribution in [2.24, 2.45) is 0 Å². The molecule has 0 amide bonds. The fourth-order valence-corrected chi connectivity index (χ4v) is 0.983. The molecule has 0 radical (unpaired) electrons. The van der Waals surface area contributed by atoms with Gasteiger partial charge in [-0.05, 0) is 19.1 Å². The molecule has 1 aliphatic rings. The number of ether oxygens (including phenoxy) is 2. The monoisotopic (exact) mass is 188 g/mol. The third-order valence-electron chi connectivity index (χ3n) is 1.73. The Morgan fingerprint density at radius 2 is 2.23 bits per heavy atom. The Morgan fingerprint density at radius 1 is 1.54 bits per heavy atom. The van der Waals surface area contributed by atoms with Crippen LogP contribution >= 0.6 is 0 Å². The van der Waals surface area contributed by atoms with Gasteiger partial charge in [-0.3, -0.25) is 4.89 Å². The van der Waals surface area contributed by atoms with Gasteiger partial charge in [0.05, 0.1) is 7.11 Å². The van der Waals surface area contributed by atoms with Crippen LogP contribution in [0.3, 0.4) is 0 Å². The molecule has 0 saturated carbocycles. The van der Waals surface area contributed by atoms with Crippen LogP contribution in [0, 0.1) is 0 Å². The van der Waals surface area contributed by atoms with Gasteiger partial charge in [0, 0.05) is 7.11 Å². The number of carbonyl (C=O) groups is 1. The molecule has 2 atom stereocenters. The first kappa shape index (κ1) is 10.2. The second-order valence-corrected chi connectivity index (χ2v) is 2.73. The van der Waals surface area contributed by atoms with Gasteiger partial charge in [0.2, 0.25) is 0 Å². The summed E-state index contributed by atoms with van der Waals surface area (Å²) in [4.78, 5) is 19.8. The highest BCUT2D eigenvalue weighted by atomic mass is 17.2. The van der Waals surface area contributed by atoms with Crippen molar-refractivity contribution in [3.8, 4) is 0 Å². The quantitative estimate of drug-likeness (QED) is 0.364. The van der Waals surface area contributed by atoms with Crippen LogP contribution in [-0.4, -0.2) is 32.1 Å². The fraction of sp³-hybridized carbons (Fsp3) is 0.625. The first-order valence-corrected chi connectivity index (χ1v) is 3.77. The van der Waals surface area contributed by atoms with E-state index in [9.17, 15) is 4.79 Å². The van der Waals surface area contributed by atoms with E-state index in [2.05, 4.69) is 9.78 Å². The normalized spacial score (nSPS) is 32.1. The van der Waals surface area contributed by atoms with E-state index in [4.69, 9.17) is 9.47 Å². The minimum atomic E-state index is -1.11. The smallest absolute Gasteiger partial charge is 0.352 e. The molecule has 0 bridgehead atoms. The van der Waals surface area contributed by atoms with Crippen LogP contribution < -0.4 is 0 Å². The molecule has 0 aromatic rings. The lowest BCUT2D eigenvalue weighted by molar-refractivity contribution is -0.273. The van der Waals surface area contributed by atoms with Crippen molar-refractivity contribution < 1.29 is 24.0 Å². The van der Waals surface area contributed by atoms with E-state index >= 15 is 0 Å². The molecule has 0 aromatic carbocycles. The Labute approximate surface area is 76.1 Å². The van der Waals surface area contributed by atoms with Crippen LogP contribution in [0.25, 0.3) is 0 Å². The second-order valence-electron chi connectivity index (χ2n) is 2.73. The molecule has 1 heterocycles. The topological polar surface area (TPSA) is 54.0 Å². The van der Waals surface area contributed by atoms with Crippen LogP contribution in [0.15, 0.2) is 12.2 Å². The highest BCUT2D eigenvalue weighted by Crippen LogP contribution is 2.24. The summed E-state index contributed by atoms with van der Waals surface area (Å²) in [5, 5.41) is 0. The van der Waals surface area contributed by atoms with Crippen molar-refractivity contribution in [2.45, 2.75) is 18.8 Å². The first-order valence-electron chi connectivity index (χ1n) is 3.77. The highest BCUT2D eigenvalue weighted by molar-refractivity contribution is 5.81. The van der Waals surface area contributed by atoms with E-state index in [1.165, 1.54) is 14.2 Å². The number of methoxy groups -OCH3 is 1. The van der Waals surface area contributed by atoms with Gasteiger partial charge >= 0.3 is 5.97 Å².